The van der Waals surface area contributed by atoms with Crippen molar-refractivity contribution in [1.29, 1.82) is 0 Å². The van der Waals surface area contributed by atoms with Gasteiger partial charge in [-0.2, -0.15) is 0 Å². The molecular weight excluding hydrogens is 190 g/mol. The molecule has 2 rings (SSSR count). The molecule has 0 spiro atoms. The summed E-state index contributed by atoms with van der Waals surface area (Å²) in [5.41, 5.74) is 5.67. The van der Waals surface area contributed by atoms with Crippen molar-refractivity contribution in [3.63, 3.8) is 0 Å². The molecule has 1 aliphatic rings. The van der Waals surface area contributed by atoms with Crippen LogP contribution in [-0.2, 0) is 6.54 Å². The van der Waals surface area contributed by atoms with Crippen LogP contribution in [0.25, 0.3) is 0 Å². The number of aromatic nitrogens is 3. The largest absolute Gasteiger partial charge is 0.357 e. The van der Waals surface area contributed by atoms with Crippen LogP contribution in [0.4, 0.5) is 5.95 Å². The molecule has 0 bridgehead atoms. The van der Waals surface area contributed by atoms with E-state index in [1.807, 2.05) is 7.05 Å². The predicted octanol–water partition coefficient (Wildman–Crippen LogP) is 1.28. The third-order valence-corrected chi connectivity index (χ3v) is 3.11. The van der Waals surface area contributed by atoms with Gasteiger partial charge in [-0.15, -0.1) is 10.2 Å². The zero-order chi connectivity index (χ0) is 10.7. The highest BCUT2D eigenvalue weighted by Gasteiger charge is 2.21. The fourth-order valence-corrected chi connectivity index (χ4v) is 2.36. The van der Waals surface area contributed by atoms with E-state index in [-0.39, 0.29) is 0 Å². The minimum absolute atomic E-state index is 0.463. The highest BCUT2D eigenvalue weighted by Crippen LogP contribution is 2.30. The van der Waals surface area contributed by atoms with Crippen LogP contribution in [-0.4, -0.2) is 21.8 Å². The fraction of sp³-hybridized carbons (Fsp3) is 0.800. The Bertz CT molecular complexity index is 292. The minimum Gasteiger partial charge on any atom is -0.357 e. The monoisotopic (exact) mass is 209 g/mol. The topological polar surface area (TPSA) is 68.8 Å². The van der Waals surface area contributed by atoms with E-state index in [0.717, 1.165) is 11.8 Å². The summed E-state index contributed by atoms with van der Waals surface area (Å²) < 4.78 is 2.18. The molecule has 84 valence electrons. The molecule has 3 N–H and O–H groups in total. The summed E-state index contributed by atoms with van der Waals surface area (Å²) in [6.07, 6.45) is 6.40. The van der Waals surface area contributed by atoms with Crippen LogP contribution in [0.3, 0.4) is 0 Å². The number of nitrogens with zero attached hydrogens (tertiary/aromatic N) is 3. The van der Waals surface area contributed by atoms with Crippen LogP contribution in [0.2, 0.25) is 0 Å². The Balaban J connectivity index is 2.26. The standard InChI is InChI=1S/C10H19N5/c1-12-10-14-13-9(7-11)15(10)8-5-3-2-4-6-8/h8H,2-7,11H2,1H3,(H,12,14). The summed E-state index contributed by atoms with van der Waals surface area (Å²) >= 11 is 0. The Morgan fingerprint density at radius 3 is 2.67 bits per heavy atom. The molecule has 1 fully saturated rings. The molecule has 0 aliphatic heterocycles. The van der Waals surface area contributed by atoms with Crippen molar-refractivity contribution in [1.82, 2.24) is 14.8 Å². The summed E-state index contributed by atoms with van der Waals surface area (Å²) in [4.78, 5) is 0. The van der Waals surface area contributed by atoms with E-state index in [0.29, 0.717) is 12.6 Å². The lowest BCUT2D eigenvalue weighted by molar-refractivity contribution is 0.348. The highest BCUT2D eigenvalue weighted by atomic mass is 15.4. The minimum atomic E-state index is 0.463. The fourth-order valence-electron chi connectivity index (χ4n) is 2.36. The van der Waals surface area contributed by atoms with Crippen molar-refractivity contribution < 1.29 is 0 Å². The van der Waals surface area contributed by atoms with Gasteiger partial charge >= 0.3 is 0 Å². The average Bonchev–Trinajstić information content (AvgIpc) is 2.72. The maximum absolute atomic E-state index is 5.67. The smallest absolute Gasteiger partial charge is 0.224 e. The first-order valence-corrected chi connectivity index (χ1v) is 5.68. The zero-order valence-electron chi connectivity index (χ0n) is 9.24. The summed E-state index contributed by atoms with van der Waals surface area (Å²) in [7, 11) is 1.88. The third-order valence-electron chi connectivity index (χ3n) is 3.11. The Morgan fingerprint density at radius 1 is 1.33 bits per heavy atom. The molecule has 1 aliphatic carbocycles. The van der Waals surface area contributed by atoms with Gasteiger partial charge < -0.3 is 11.1 Å². The summed E-state index contributed by atoms with van der Waals surface area (Å²) in [5.74, 6) is 1.74. The van der Waals surface area contributed by atoms with Crippen molar-refractivity contribution >= 4 is 5.95 Å². The molecule has 1 saturated carbocycles. The lowest BCUT2D eigenvalue weighted by atomic mass is 9.95. The van der Waals surface area contributed by atoms with Gasteiger partial charge in [0.05, 0.1) is 6.54 Å². The molecule has 0 aromatic carbocycles. The summed E-state index contributed by atoms with van der Waals surface area (Å²) in [6.45, 7) is 0.463. The van der Waals surface area contributed by atoms with Crippen LogP contribution in [0.1, 0.15) is 44.0 Å². The predicted molar refractivity (Wildman–Crippen MR) is 59.6 cm³/mol. The van der Waals surface area contributed by atoms with Gasteiger partial charge in [-0.3, -0.25) is 4.57 Å². The Kier molecular flexibility index (Phi) is 3.20. The van der Waals surface area contributed by atoms with E-state index >= 15 is 0 Å². The van der Waals surface area contributed by atoms with E-state index in [1.165, 1.54) is 32.1 Å². The maximum Gasteiger partial charge on any atom is 0.224 e. The molecule has 5 heteroatoms. The average molecular weight is 209 g/mol. The second-order valence-electron chi connectivity index (χ2n) is 4.06. The number of rotatable bonds is 3. The quantitative estimate of drug-likeness (QED) is 0.787. The van der Waals surface area contributed by atoms with Crippen LogP contribution in [0.15, 0.2) is 0 Å². The van der Waals surface area contributed by atoms with E-state index in [9.17, 15) is 0 Å². The van der Waals surface area contributed by atoms with Gasteiger partial charge in [0, 0.05) is 13.1 Å². The van der Waals surface area contributed by atoms with Gasteiger partial charge in [-0.05, 0) is 12.8 Å². The molecule has 1 aromatic heterocycles. The SMILES string of the molecule is CNc1nnc(CN)n1C1CCCCC1. The van der Waals surface area contributed by atoms with E-state index < -0.39 is 0 Å². The summed E-state index contributed by atoms with van der Waals surface area (Å²) in [5, 5.41) is 11.3. The molecule has 0 radical (unpaired) electrons. The third kappa shape index (κ3) is 1.97. The van der Waals surface area contributed by atoms with Crippen molar-refractivity contribution in [2.45, 2.75) is 44.7 Å². The highest BCUT2D eigenvalue weighted by molar-refractivity contribution is 5.25. The number of hydrogen-bond acceptors (Lipinski definition) is 4. The molecular formula is C10H19N5. The lowest BCUT2D eigenvalue weighted by Gasteiger charge is -2.25. The molecule has 0 amide bonds. The Labute approximate surface area is 90.1 Å². The van der Waals surface area contributed by atoms with E-state index in [2.05, 4.69) is 20.1 Å². The Morgan fingerprint density at radius 2 is 2.07 bits per heavy atom. The number of anilines is 1. The van der Waals surface area contributed by atoms with Gasteiger partial charge in [0.25, 0.3) is 0 Å². The number of nitrogens with one attached hydrogen (secondary N) is 1. The first kappa shape index (κ1) is 10.4. The van der Waals surface area contributed by atoms with Gasteiger partial charge in [-0.1, -0.05) is 19.3 Å². The summed E-state index contributed by atoms with van der Waals surface area (Å²) in [6, 6.07) is 0.537. The zero-order valence-corrected chi connectivity index (χ0v) is 9.24. The van der Waals surface area contributed by atoms with Crippen LogP contribution in [0.5, 0.6) is 0 Å². The lowest BCUT2D eigenvalue weighted by Crippen LogP contribution is -2.19. The van der Waals surface area contributed by atoms with Crippen molar-refractivity contribution in [3.05, 3.63) is 5.82 Å². The first-order chi connectivity index (χ1) is 7.36. The van der Waals surface area contributed by atoms with E-state index in [4.69, 9.17) is 5.73 Å². The van der Waals surface area contributed by atoms with Gasteiger partial charge in [0.2, 0.25) is 5.95 Å². The second-order valence-corrected chi connectivity index (χ2v) is 4.06. The van der Waals surface area contributed by atoms with Crippen molar-refractivity contribution in [3.8, 4) is 0 Å². The van der Waals surface area contributed by atoms with Crippen LogP contribution >= 0.6 is 0 Å². The molecule has 15 heavy (non-hydrogen) atoms. The van der Waals surface area contributed by atoms with Gasteiger partial charge in [-0.25, -0.2) is 0 Å². The molecule has 0 atom stereocenters. The van der Waals surface area contributed by atoms with Crippen LogP contribution in [0, 0.1) is 0 Å². The molecule has 1 aromatic rings. The number of hydrogen-bond donors (Lipinski definition) is 2. The molecule has 1 heterocycles. The maximum atomic E-state index is 5.67. The molecule has 5 nitrogen and oxygen atoms in total. The number of nitrogens with two attached hydrogens (primary N) is 1. The van der Waals surface area contributed by atoms with E-state index in [1.54, 1.807) is 0 Å². The second kappa shape index (κ2) is 4.61. The van der Waals surface area contributed by atoms with Gasteiger partial charge in [0.1, 0.15) is 5.82 Å². The van der Waals surface area contributed by atoms with Crippen molar-refractivity contribution in [2.24, 2.45) is 5.73 Å². The Hall–Kier alpha value is -1.10. The van der Waals surface area contributed by atoms with Gasteiger partial charge in [0.15, 0.2) is 0 Å². The van der Waals surface area contributed by atoms with Crippen LogP contribution < -0.4 is 11.1 Å². The molecule has 0 saturated heterocycles. The normalized spacial score (nSPS) is 18.0. The first-order valence-electron chi connectivity index (χ1n) is 5.68. The molecule has 0 unspecified atom stereocenters. The van der Waals surface area contributed by atoms with Crippen molar-refractivity contribution in [2.75, 3.05) is 12.4 Å².